The van der Waals surface area contributed by atoms with E-state index in [1.165, 1.54) is 5.56 Å². The number of fused-ring (bicyclic) bond motifs is 1. The molecule has 2 rings (SSSR count). The predicted octanol–water partition coefficient (Wildman–Crippen LogP) is 5.16. The second kappa shape index (κ2) is 12.1. The third-order valence-corrected chi connectivity index (χ3v) is 6.00. The fraction of sp³-hybridized carbons (Fsp3) is 0.480. The predicted molar refractivity (Wildman–Crippen MR) is 119 cm³/mol. The monoisotopic (exact) mass is 428 g/mol. The van der Waals surface area contributed by atoms with Gasteiger partial charge >= 0.3 is 17.9 Å². The zero-order valence-electron chi connectivity index (χ0n) is 18.0. The average molecular weight is 429 g/mol. The Labute approximate surface area is 182 Å². The highest BCUT2D eigenvalue weighted by atomic mass is 16.4. The lowest BCUT2D eigenvalue weighted by Gasteiger charge is -2.14. The lowest BCUT2D eigenvalue weighted by atomic mass is 9.91. The van der Waals surface area contributed by atoms with Gasteiger partial charge in [0.2, 0.25) is 0 Å². The van der Waals surface area contributed by atoms with Crippen molar-refractivity contribution in [2.24, 2.45) is 11.8 Å². The van der Waals surface area contributed by atoms with Gasteiger partial charge in [-0.3, -0.25) is 14.4 Å². The minimum atomic E-state index is -0.971. The van der Waals surface area contributed by atoms with E-state index in [0.717, 1.165) is 35.6 Å². The molecule has 0 aliphatic heterocycles. The molecule has 168 valence electrons. The number of rotatable bonds is 14. The Morgan fingerprint density at radius 2 is 1.23 bits per heavy atom. The summed E-state index contributed by atoms with van der Waals surface area (Å²) in [5.41, 5.74) is 2.35. The fourth-order valence-electron chi connectivity index (χ4n) is 4.13. The Bertz CT molecular complexity index is 904. The van der Waals surface area contributed by atoms with E-state index < -0.39 is 23.8 Å². The number of aryl methyl sites for hydroxylation is 2. The molecule has 0 heterocycles. The third kappa shape index (κ3) is 7.39. The summed E-state index contributed by atoms with van der Waals surface area (Å²) in [7, 11) is 0. The van der Waals surface area contributed by atoms with E-state index in [-0.39, 0.29) is 18.8 Å². The summed E-state index contributed by atoms with van der Waals surface area (Å²) in [6.07, 6.45) is 4.82. The Kier molecular flexibility index (Phi) is 9.50. The van der Waals surface area contributed by atoms with Crippen LogP contribution in [0.2, 0.25) is 0 Å². The van der Waals surface area contributed by atoms with Crippen molar-refractivity contribution in [1.29, 1.82) is 0 Å². The van der Waals surface area contributed by atoms with Crippen molar-refractivity contribution in [3.05, 3.63) is 47.5 Å². The van der Waals surface area contributed by atoms with Crippen LogP contribution in [0, 0.1) is 11.8 Å². The molecule has 0 saturated heterocycles. The molecule has 6 nitrogen and oxygen atoms in total. The zero-order chi connectivity index (χ0) is 22.8. The maximum absolute atomic E-state index is 11.4. The molecule has 0 saturated carbocycles. The Hall–Kier alpha value is -2.89. The number of carboxylic acids is 3. The van der Waals surface area contributed by atoms with E-state index >= 15 is 0 Å². The molecule has 0 fully saturated rings. The van der Waals surface area contributed by atoms with E-state index in [0.29, 0.717) is 25.7 Å². The number of benzene rings is 2. The molecule has 0 radical (unpaired) electrons. The second-order valence-electron chi connectivity index (χ2n) is 8.12. The van der Waals surface area contributed by atoms with Gasteiger partial charge in [-0.25, -0.2) is 0 Å². The fourth-order valence-corrected chi connectivity index (χ4v) is 4.13. The first kappa shape index (κ1) is 24.4. The second-order valence-corrected chi connectivity index (χ2v) is 8.12. The highest BCUT2D eigenvalue weighted by molar-refractivity contribution is 5.88. The number of carbonyl (C=O) groups is 3. The van der Waals surface area contributed by atoms with Crippen molar-refractivity contribution in [3.8, 4) is 0 Å². The Morgan fingerprint density at radius 3 is 1.65 bits per heavy atom. The van der Waals surface area contributed by atoms with E-state index in [2.05, 4.69) is 24.3 Å². The minimum absolute atomic E-state index is 0.130. The van der Waals surface area contributed by atoms with Crippen LogP contribution in [-0.2, 0) is 27.2 Å². The minimum Gasteiger partial charge on any atom is -0.481 e. The molecule has 2 aromatic rings. The van der Waals surface area contributed by atoms with Crippen molar-refractivity contribution in [2.75, 3.05) is 0 Å². The van der Waals surface area contributed by atoms with E-state index in [1.54, 1.807) is 0 Å². The van der Waals surface area contributed by atoms with Gasteiger partial charge < -0.3 is 15.3 Å². The van der Waals surface area contributed by atoms with Crippen LogP contribution in [0.4, 0.5) is 0 Å². The normalized spacial score (nSPS) is 13.1. The van der Waals surface area contributed by atoms with Crippen LogP contribution < -0.4 is 0 Å². The molecule has 31 heavy (non-hydrogen) atoms. The first-order valence-electron chi connectivity index (χ1n) is 11.0. The first-order valence-corrected chi connectivity index (χ1v) is 11.0. The molecule has 0 aliphatic rings. The molecule has 2 aromatic carbocycles. The molecular weight excluding hydrogens is 396 g/mol. The molecule has 0 bridgehead atoms. The Morgan fingerprint density at radius 1 is 0.742 bits per heavy atom. The SMILES string of the molecule is CCC(CCCc1ccc(CCCC(CCC(=O)O)C(=O)O)c2ccccc12)C(=O)O. The number of hydrogen-bond acceptors (Lipinski definition) is 3. The van der Waals surface area contributed by atoms with Crippen molar-refractivity contribution in [3.63, 3.8) is 0 Å². The molecule has 0 amide bonds. The highest BCUT2D eigenvalue weighted by Gasteiger charge is 2.19. The number of carboxylic acid groups (broad SMARTS) is 3. The quantitative estimate of drug-likeness (QED) is 0.383. The maximum Gasteiger partial charge on any atom is 0.306 e. The van der Waals surface area contributed by atoms with Crippen LogP contribution in [0.15, 0.2) is 36.4 Å². The van der Waals surface area contributed by atoms with Crippen molar-refractivity contribution >= 4 is 28.7 Å². The van der Waals surface area contributed by atoms with E-state index in [1.807, 2.05) is 19.1 Å². The summed E-state index contributed by atoms with van der Waals surface area (Å²) in [6, 6.07) is 12.3. The third-order valence-electron chi connectivity index (χ3n) is 6.00. The maximum atomic E-state index is 11.4. The van der Waals surface area contributed by atoms with Gasteiger partial charge in [-0.15, -0.1) is 0 Å². The summed E-state index contributed by atoms with van der Waals surface area (Å²) >= 11 is 0. The summed E-state index contributed by atoms with van der Waals surface area (Å²) in [4.78, 5) is 33.4. The molecule has 2 atom stereocenters. The summed E-state index contributed by atoms with van der Waals surface area (Å²) < 4.78 is 0. The lowest BCUT2D eigenvalue weighted by Crippen LogP contribution is -2.15. The standard InChI is InChI=1S/C25H32O6/c1-2-17(24(28)29)7-5-8-18-13-14-19(22-12-4-3-11-21(18)22)9-6-10-20(25(30)31)15-16-23(26)27/h3-4,11-14,17,20H,2,5-10,15-16H2,1H3,(H,26,27)(H,28,29)(H,30,31). The smallest absolute Gasteiger partial charge is 0.306 e. The summed E-state index contributed by atoms with van der Waals surface area (Å²) in [5.74, 6) is -3.57. The molecule has 0 aromatic heterocycles. The van der Waals surface area contributed by atoms with Crippen molar-refractivity contribution in [2.45, 2.75) is 64.7 Å². The van der Waals surface area contributed by atoms with Crippen molar-refractivity contribution in [1.82, 2.24) is 0 Å². The van der Waals surface area contributed by atoms with Gasteiger partial charge in [-0.1, -0.05) is 43.3 Å². The van der Waals surface area contributed by atoms with Gasteiger partial charge in [-0.2, -0.15) is 0 Å². The van der Waals surface area contributed by atoms with Gasteiger partial charge in [-0.05, 0) is 73.3 Å². The van der Waals surface area contributed by atoms with Crippen LogP contribution in [0.5, 0.6) is 0 Å². The van der Waals surface area contributed by atoms with Crippen LogP contribution >= 0.6 is 0 Å². The number of hydrogen-bond donors (Lipinski definition) is 3. The van der Waals surface area contributed by atoms with Crippen LogP contribution in [0.3, 0.4) is 0 Å². The highest BCUT2D eigenvalue weighted by Crippen LogP contribution is 2.27. The van der Waals surface area contributed by atoms with Crippen LogP contribution in [0.1, 0.15) is 63.0 Å². The number of aliphatic carboxylic acids is 3. The van der Waals surface area contributed by atoms with Gasteiger partial charge in [0.15, 0.2) is 0 Å². The van der Waals surface area contributed by atoms with Crippen LogP contribution in [-0.4, -0.2) is 33.2 Å². The van der Waals surface area contributed by atoms with E-state index in [4.69, 9.17) is 5.11 Å². The zero-order valence-corrected chi connectivity index (χ0v) is 18.0. The lowest BCUT2D eigenvalue weighted by molar-refractivity contribution is -0.144. The molecule has 2 unspecified atom stereocenters. The average Bonchev–Trinajstić information content (AvgIpc) is 2.73. The molecule has 0 aliphatic carbocycles. The molecular formula is C25H32O6. The summed E-state index contributed by atoms with van der Waals surface area (Å²) in [5, 5.41) is 29.7. The largest absolute Gasteiger partial charge is 0.481 e. The molecule has 6 heteroatoms. The van der Waals surface area contributed by atoms with Crippen LogP contribution in [0.25, 0.3) is 10.8 Å². The van der Waals surface area contributed by atoms with Gasteiger partial charge in [0.1, 0.15) is 0 Å². The first-order chi connectivity index (χ1) is 14.8. The van der Waals surface area contributed by atoms with Crippen molar-refractivity contribution < 1.29 is 29.7 Å². The topological polar surface area (TPSA) is 112 Å². The Balaban J connectivity index is 2.04. The van der Waals surface area contributed by atoms with Gasteiger partial charge in [0.25, 0.3) is 0 Å². The van der Waals surface area contributed by atoms with Gasteiger partial charge in [0.05, 0.1) is 11.8 Å². The van der Waals surface area contributed by atoms with E-state index in [9.17, 15) is 24.6 Å². The van der Waals surface area contributed by atoms with Gasteiger partial charge in [0, 0.05) is 6.42 Å². The summed E-state index contributed by atoms with van der Waals surface area (Å²) in [6.45, 7) is 1.90. The molecule has 3 N–H and O–H groups in total. The molecule has 0 spiro atoms.